The number of amides is 2. The summed E-state index contributed by atoms with van der Waals surface area (Å²) < 4.78 is 0. The number of anilines is 1. The smallest absolute Gasteiger partial charge is 0.261 e. The molecular weight excluding hydrogens is 240 g/mol. The summed E-state index contributed by atoms with van der Waals surface area (Å²) in [5.41, 5.74) is 1.96. The molecule has 0 atom stereocenters. The van der Waals surface area contributed by atoms with Crippen LogP contribution in [-0.2, 0) is 0 Å². The van der Waals surface area contributed by atoms with Gasteiger partial charge in [-0.25, -0.2) is 0 Å². The van der Waals surface area contributed by atoms with Crippen LogP contribution in [-0.4, -0.2) is 29.8 Å². The number of benzene rings is 1. The molecular formula is C15H18N2O2. The molecule has 1 aliphatic carbocycles. The van der Waals surface area contributed by atoms with Gasteiger partial charge in [0, 0.05) is 18.8 Å². The summed E-state index contributed by atoms with van der Waals surface area (Å²) in [7, 11) is 1.81. The molecule has 2 amide bonds. The lowest BCUT2D eigenvalue weighted by Gasteiger charge is -2.29. The molecule has 1 fully saturated rings. The average molecular weight is 258 g/mol. The maximum Gasteiger partial charge on any atom is 0.261 e. The van der Waals surface area contributed by atoms with E-state index in [9.17, 15) is 9.59 Å². The van der Waals surface area contributed by atoms with Gasteiger partial charge in [0.1, 0.15) is 0 Å². The number of hydrogen-bond acceptors (Lipinski definition) is 3. The lowest BCUT2D eigenvalue weighted by Crippen LogP contribution is -2.40. The molecule has 3 rings (SSSR count). The van der Waals surface area contributed by atoms with Crippen LogP contribution >= 0.6 is 0 Å². The van der Waals surface area contributed by atoms with Gasteiger partial charge < -0.3 is 5.32 Å². The number of nitrogens with zero attached hydrogens (tertiary/aromatic N) is 1. The lowest BCUT2D eigenvalue weighted by atomic mass is 9.94. The fourth-order valence-corrected chi connectivity index (χ4v) is 3.09. The van der Waals surface area contributed by atoms with Gasteiger partial charge >= 0.3 is 0 Å². The molecule has 0 bridgehead atoms. The van der Waals surface area contributed by atoms with E-state index in [0.29, 0.717) is 11.1 Å². The number of carbonyl (C=O) groups excluding carboxylic acids is 2. The summed E-state index contributed by atoms with van der Waals surface area (Å²) in [6.07, 6.45) is 5.33. The van der Waals surface area contributed by atoms with Gasteiger partial charge in [0.05, 0.1) is 11.1 Å². The molecule has 0 spiro atoms. The zero-order chi connectivity index (χ0) is 13.4. The van der Waals surface area contributed by atoms with Gasteiger partial charge in [0.25, 0.3) is 11.8 Å². The predicted octanol–water partition coefficient (Wildman–Crippen LogP) is 2.66. The number of carbonyl (C=O) groups is 2. The van der Waals surface area contributed by atoms with Crippen molar-refractivity contribution in [2.75, 3.05) is 12.4 Å². The second kappa shape index (κ2) is 4.68. The van der Waals surface area contributed by atoms with Crippen molar-refractivity contribution in [2.45, 2.75) is 38.1 Å². The summed E-state index contributed by atoms with van der Waals surface area (Å²) in [6, 6.07) is 5.47. The molecule has 1 aromatic rings. The molecule has 0 aromatic heterocycles. The van der Waals surface area contributed by atoms with E-state index in [1.165, 1.54) is 11.3 Å². The first-order chi connectivity index (χ1) is 9.22. The summed E-state index contributed by atoms with van der Waals surface area (Å²) in [5.74, 6) is -0.237. The Balaban J connectivity index is 1.94. The number of nitrogens with one attached hydrogen (secondary N) is 1. The molecule has 19 heavy (non-hydrogen) atoms. The quantitative estimate of drug-likeness (QED) is 0.830. The van der Waals surface area contributed by atoms with Crippen LogP contribution in [0.5, 0.6) is 0 Å². The number of fused-ring (bicyclic) bond motifs is 1. The van der Waals surface area contributed by atoms with E-state index in [1.54, 1.807) is 12.1 Å². The Labute approximate surface area is 112 Å². The standard InChI is InChI=1S/C15H18N2O2/c1-16-10-7-8-12-13(9-10)15(19)17(14(12)18)11-5-3-2-4-6-11/h7-9,11,16H,2-6H2,1H3. The maximum absolute atomic E-state index is 12.5. The van der Waals surface area contributed by atoms with E-state index in [4.69, 9.17) is 0 Å². The Kier molecular flexibility index (Phi) is 3.01. The Morgan fingerprint density at radius 1 is 1.05 bits per heavy atom. The van der Waals surface area contributed by atoms with E-state index in [1.807, 2.05) is 13.1 Å². The molecule has 0 radical (unpaired) electrons. The van der Waals surface area contributed by atoms with Crippen LogP contribution in [0.2, 0.25) is 0 Å². The number of hydrogen-bond donors (Lipinski definition) is 1. The molecule has 100 valence electrons. The predicted molar refractivity (Wildman–Crippen MR) is 73.4 cm³/mol. The highest BCUT2D eigenvalue weighted by Crippen LogP contribution is 2.32. The highest BCUT2D eigenvalue weighted by molar-refractivity contribution is 6.22. The largest absolute Gasteiger partial charge is 0.388 e. The van der Waals surface area contributed by atoms with Crippen LogP contribution in [0, 0.1) is 0 Å². The first kappa shape index (κ1) is 12.2. The van der Waals surface area contributed by atoms with Crippen LogP contribution in [0.3, 0.4) is 0 Å². The van der Waals surface area contributed by atoms with E-state index >= 15 is 0 Å². The maximum atomic E-state index is 12.5. The van der Waals surface area contributed by atoms with E-state index in [-0.39, 0.29) is 17.9 Å². The van der Waals surface area contributed by atoms with Gasteiger partial charge in [0.15, 0.2) is 0 Å². The molecule has 4 heteroatoms. The molecule has 1 aromatic carbocycles. The van der Waals surface area contributed by atoms with Gasteiger partial charge in [-0.3, -0.25) is 14.5 Å². The Hall–Kier alpha value is -1.84. The monoisotopic (exact) mass is 258 g/mol. The molecule has 1 saturated carbocycles. The fraction of sp³-hybridized carbons (Fsp3) is 0.467. The minimum Gasteiger partial charge on any atom is -0.388 e. The third-order valence-electron chi connectivity index (χ3n) is 4.15. The van der Waals surface area contributed by atoms with Crippen LogP contribution in [0.1, 0.15) is 52.8 Å². The highest BCUT2D eigenvalue weighted by Gasteiger charge is 2.40. The molecule has 1 heterocycles. The molecule has 4 nitrogen and oxygen atoms in total. The Morgan fingerprint density at radius 2 is 1.74 bits per heavy atom. The SMILES string of the molecule is CNc1ccc2c(c1)C(=O)N(C1CCCCC1)C2=O. The van der Waals surface area contributed by atoms with Crippen molar-refractivity contribution < 1.29 is 9.59 Å². The number of rotatable bonds is 2. The van der Waals surface area contributed by atoms with Crippen molar-refractivity contribution in [3.05, 3.63) is 29.3 Å². The second-order valence-corrected chi connectivity index (χ2v) is 5.28. The van der Waals surface area contributed by atoms with Gasteiger partial charge in [0.2, 0.25) is 0 Å². The zero-order valence-corrected chi connectivity index (χ0v) is 11.1. The minimum absolute atomic E-state index is 0.0965. The highest BCUT2D eigenvalue weighted by atomic mass is 16.2. The van der Waals surface area contributed by atoms with Gasteiger partial charge in [-0.05, 0) is 31.0 Å². The molecule has 2 aliphatic rings. The van der Waals surface area contributed by atoms with Gasteiger partial charge in [-0.2, -0.15) is 0 Å². The number of imide groups is 1. The van der Waals surface area contributed by atoms with E-state index in [2.05, 4.69) is 5.32 Å². The second-order valence-electron chi connectivity index (χ2n) is 5.28. The third-order valence-corrected chi connectivity index (χ3v) is 4.15. The average Bonchev–Trinajstić information content (AvgIpc) is 2.71. The Bertz CT molecular complexity index is 533. The van der Waals surface area contributed by atoms with E-state index in [0.717, 1.165) is 31.4 Å². The molecule has 0 unspecified atom stereocenters. The normalized spacial score (nSPS) is 19.7. The summed E-state index contributed by atoms with van der Waals surface area (Å²) in [6.45, 7) is 0. The summed E-state index contributed by atoms with van der Waals surface area (Å²) in [4.78, 5) is 26.3. The van der Waals surface area contributed by atoms with Crippen LogP contribution in [0.25, 0.3) is 0 Å². The van der Waals surface area contributed by atoms with Crippen molar-refractivity contribution in [2.24, 2.45) is 0 Å². The lowest BCUT2D eigenvalue weighted by molar-refractivity contribution is 0.0549. The zero-order valence-electron chi connectivity index (χ0n) is 11.1. The van der Waals surface area contributed by atoms with Crippen molar-refractivity contribution in [1.29, 1.82) is 0 Å². The van der Waals surface area contributed by atoms with Crippen molar-refractivity contribution in [1.82, 2.24) is 4.90 Å². The van der Waals surface area contributed by atoms with Crippen molar-refractivity contribution in [3.63, 3.8) is 0 Å². The first-order valence-corrected chi connectivity index (χ1v) is 6.92. The summed E-state index contributed by atoms with van der Waals surface area (Å²) in [5, 5.41) is 3.00. The summed E-state index contributed by atoms with van der Waals surface area (Å²) >= 11 is 0. The molecule has 0 saturated heterocycles. The van der Waals surface area contributed by atoms with Crippen LogP contribution < -0.4 is 5.32 Å². The molecule has 1 N–H and O–H groups in total. The first-order valence-electron chi connectivity index (χ1n) is 6.92. The third kappa shape index (κ3) is 1.91. The van der Waals surface area contributed by atoms with Crippen LogP contribution in [0.4, 0.5) is 5.69 Å². The van der Waals surface area contributed by atoms with Crippen molar-refractivity contribution in [3.8, 4) is 0 Å². The molecule has 1 aliphatic heterocycles. The van der Waals surface area contributed by atoms with Gasteiger partial charge in [-0.1, -0.05) is 19.3 Å². The Morgan fingerprint density at radius 3 is 2.42 bits per heavy atom. The van der Waals surface area contributed by atoms with Crippen molar-refractivity contribution >= 4 is 17.5 Å². The van der Waals surface area contributed by atoms with Gasteiger partial charge in [-0.15, -0.1) is 0 Å². The van der Waals surface area contributed by atoms with E-state index < -0.39 is 0 Å². The minimum atomic E-state index is -0.121. The fourth-order valence-electron chi connectivity index (χ4n) is 3.09. The van der Waals surface area contributed by atoms with Crippen LogP contribution in [0.15, 0.2) is 18.2 Å². The topological polar surface area (TPSA) is 49.4 Å².